The van der Waals surface area contributed by atoms with Crippen LogP contribution in [0.4, 0.5) is 8.78 Å². The summed E-state index contributed by atoms with van der Waals surface area (Å²) in [6.45, 7) is 7.57. The van der Waals surface area contributed by atoms with E-state index in [0.717, 1.165) is 38.4 Å². The molecule has 1 aliphatic rings. The summed E-state index contributed by atoms with van der Waals surface area (Å²) >= 11 is 0. The summed E-state index contributed by atoms with van der Waals surface area (Å²) in [5.74, 6) is -1.43. The third-order valence-corrected chi connectivity index (χ3v) is 4.63. The molecule has 4 nitrogen and oxygen atoms in total. The van der Waals surface area contributed by atoms with Gasteiger partial charge in [-0.05, 0) is 24.1 Å². The fourth-order valence-electron chi connectivity index (χ4n) is 3.20. The summed E-state index contributed by atoms with van der Waals surface area (Å²) in [5.41, 5.74) is 0.169. The van der Waals surface area contributed by atoms with E-state index in [0.29, 0.717) is 5.92 Å². The number of nitrogens with zero attached hydrogens (tertiary/aromatic N) is 2. The summed E-state index contributed by atoms with van der Waals surface area (Å²) in [5, 5.41) is 0. The first-order valence-electron chi connectivity index (χ1n) is 8.27. The lowest BCUT2D eigenvalue weighted by molar-refractivity contribution is 0.0111. The smallest absolute Gasteiger partial charge is 0.254 e. The average molecular weight is 340 g/mol. The minimum Gasteiger partial charge on any atom is -0.384 e. The molecule has 0 saturated carbocycles. The lowest BCUT2D eigenvalue weighted by Gasteiger charge is -2.43. The van der Waals surface area contributed by atoms with Gasteiger partial charge in [-0.1, -0.05) is 13.8 Å². The molecule has 1 saturated heterocycles. The van der Waals surface area contributed by atoms with Gasteiger partial charge in [0.15, 0.2) is 11.6 Å². The number of likely N-dealkylation sites (N-methyl/N-ethyl adjacent to an activating group) is 1. The van der Waals surface area contributed by atoms with Crippen molar-refractivity contribution in [1.29, 1.82) is 0 Å². The highest BCUT2D eigenvalue weighted by molar-refractivity contribution is 5.94. The van der Waals surface area contributed by atoms with Gasteiger partial charge >= 0.3 is 0 Å². The normalized spacial score (nSPS) is 17.0. The molecular formula is C18H26F2N2O2. The SMILES string of the molecule is COCC1CN(CC(C(C)C)N(C)C(=O)c2ccc(F)c(F)c2)C1. The van der Waals surface area contributed by atoms with E-state index in [-0.39, 0.29) is 23.4 Å². The molecule has 0 bridgehead atoms. The molecule has 0 spiro atoms. The Kier molecular flexibility index (Phi) is 6.29. The molecule has 134 valence electrons. The molecule has 1 atom stereocenters. The number of carbonyl (C=O) groups excluding carboxylic acids is 1. The summed E-state index contributed by atoms with van der Waals surface area (Å²) < 4.78 is 31.6. The average Bonchev–Trinajstić information content (AvgIpc) is 2.50. The van der Waals surface area contributed by atoms with Gasteiger partial charge in [-0.15, -0.1) is 0 Å². The number of amides is 1. The van der Waals surface area contributed by atoms with Crippen molar-refractivity contribution in [3.05, 3.63) is 35.4 Å². The number of carbonyl (C=O) groups is 1. The van der Waals surface area contributed by atoms with E-state index in [4.69, 9.17) is 4.74 Å². The van der Waals surface area contributed by atoms with Crippen LogP contribution in [0.15, 0.2) is 18.2 Å². The lowest BCUT2D eigenvalue weighted by Crippen LogP contribution is -2.55. The van der Waals surface area contributed by atoms with Crippen LogP contribution in [0, 0.1) is 23.5 Å². The Bertz CT molecular complexity index is 574. The standard InChI is InChI=1S/C18H26F2N2O2/c1-12(2)17(10-22-8-13(9-22)11-24-4)21(3)18(23)14-5-6-15(19)16(20)7-14/h5-7,12-13,17H,8-11H2,1-4H3. The predicted octanol–water partition coefficient (Wildman–Crippen LogP) is 2.64. The van der Waals surface area contributed by atoms with E-state index in [1.54, 1.807) is 19.1 Å². The third-order valence-electron chi connectivity index (χ3n) is 4.63. The molecule has 1 aliphatic heterocycles. The van der Waals surface area contributed by atoms with Gasteiger partial charge in [0.05, 0.1) is 6.61 Å². The molecule has 0 radical (unpaired) electrons. The van der Waals surface area contributed by atoms with Crippen LogP contribution in [0.3, 0.4) is 0 Å². The first-order chi connectivity index (χ1) is 11.3. The van der Waals surface area contributed by atoms with Crippen molar-refractivity contribution in [2.24, 2.45) is 11.8 Å². The van der Waals surface area contributed by atoms with Gasteiger partial charge in [0.1, 0.15) is 0 Å². The largest absolute Gasteiger partial charge is 0.384 e. The van der Waals surface area contributed by atoms with E-state index in [2.05, 4.69) is 18.7 Å². The van der Waals surface area contributed by atoms with Gasteiger partial charge in [-0.2, -0.15) is 0 Å². The Hall–Kier alpha value is -1.53. The van der Waals surface area contributed by atoms with Crippen molar-refractivity contribution in [1.82, 2.24) is 9.80 Å². The van der Waals surface area contributed by atoms with Crippen molar-refractivity contribution in [3.8, 4) is 0 Å². The van der Waals surface area contributed by atoms with Gasteiger partial charge in [-0.3, -0.25) is 4.79 Å². The number of methoxy groups -OCH3 is 1. The molecule has 1 heterocycles. The zero-order valence-corrected chi connectivity index (χ0v) is 14.8. The number of hydrogen-bond donors (Lipinski definition) is 0. The Labute approximate surface area is 142 Å². The predicted molar refractivity (Wildman–Crippen MR) is 88.9 cm³/mol. The number of halogens is 2. The second-order valence-corrected chi connectivity index (χ2v) is 6.90. The van der Waals surface area contributed by atoms with Crippen LogP contribution in [0.1, 0.15) is 24.2 Å². The second kappa shape index (κ2) is 8.03. The summed E-state index contributed by atoms with van der Waals surface area (Å²) in [4.78, 5) is 16.5. The Balaban J connectivity index is 2.01. The fourth-order valence-corrected chi connectivity index (χ4v) is 3.20. The summed E-state index contributed by atoms with van der Waals surface area (Å²) in [7, 11) is 3.43. The molecule has 0 aliphatic carbocycles. The molecule has 1 aromatic rings. The van der Waals surface area contributed by atoms with Gasteiger partial charge in [-0.25, -0.2) is 8.78 Å². The summed E-state index contributed by atoms with van der Waals surface area (Å²) in [6.07, 6.45) is 0. The zero-order valence-electron chi connectivity index (χ0n) is 14.8. The van der Waals surface area contributed by atoms with Crippen molar-refractivity contribution >= 4 is 5.91 Å². The number of ether oxygens (including phenoxy) is 1. The first kappa shape index (κ1) is 18.8. The van der Waals surface area contributed by atoms with Crippen LogP contribution in [0.25, 0.3) is 0 Å². The number of rotatable bonds is 7. The van der Waals surface area contributed by atoms with Crippen LogP contribution in [0.2, 0.25) is 0 Å². The number of likely N-dealkylation sites (tertiary alicyclic amines) is 1. The molecule has 0 N–H and O–H groups in total. The topological polar surface area (TPSA) is 32.8 Å². The van der Waals surface area contributed by atoms with E-state index < -0.39 is 11.6 Å². The van der Waals surface area contributed by atoms with Crippen LogP contribution in [-0.2, 0) is 4.74 Å². The van der Waals surface area contributed by atoms with Gasteiger partial charge < -0.3 is 14.5 Å². The fraction of sp³-hybridized carbons (Fsp3) is 0.611. The molecule has 1 fully saturated rings. The highest BCUT2D eigenvalue weighted by Crippen LogP contribution is 2.21. The van der Waals surface area contributed by atoms with Crippen LogP contribution < -0.4 is 0 Å². The highest BCUT2D eigenvalue weighted by Gasteiger charge is 2.32. The monoisotopic (exact) mass is 340 g/mol. The van der Waals surface area contributed by atoms with Crippen LogP contribution in [-0.4, -0.2) is 62.1 Å². The zero-order chi connectivity index (χ0) is 17.9. The Morgan fingerprint density at radius 2 is 2.00 bits per heavy atom. The molecule has 24 heavy (non-hydrogen) atoms. The first-order valence-corrected chi connectivity index (χ1v) is 8.27. The molecule has 0 aromatic heterocycles. The molecule has 2 rings (SSSR count). The van der Waals surface area contributed by atoms with Crippen molar-refractivity contribution in [2.75, 3.05) is 40.4 Å². The van der Waals surface area contributed by atoms with Crippen molar-refractivity contribution in [3.63, 3.8) is 0 Å². The van der Waals surface area contributed by atoms with E-state index in [1.807, 2.05) is 0 Å². The minimum atomic E-state index is -1.000. The Morgan fingerprint density at radius 3 is 2.54 bits per heavy atom. The molecule has 6 heteroatoms. The van der Waals surface area contributed by atoms with Gasteiger partial charge in [0.25, 0.3) is 5.91 Å². The minimum absolute atomic E-state index is 0.00843. The van der Waals surface area contributed by atoms with Crippen LogP contribution in [0.5, 0.6) is 0 Å². The third kappa shape index (κ3) is 4.30. The molecule has 1 aromatic carbocycles. The molecular weight excluding hydrogens is 314 g/mol. The maximum Gasteiger partial charge on any atom is 0.254 e. The van der Waals surface area contributed by atoms with Crippen LogP contribution >= 0.6 is 0 Å². The second-order valence-electron chi connectivity index (χ2n) is 6.90. The van der Waals surface area contributed by atoms with Gasteiger partial charge in [0.2, 0.25) is 0 Å². The van der Waals surface area contributed by atoms with E-state index in [9.17, 15) is 13.6 Å². The number of benzene rings is 1. The Morgan fingerprint density at radius 1 is 1.33 bits per heavy atom. The summed E-state index contributed by atoms with van der Waals surface area (Å²) in [6, 6.07) is 3.29. The van der Waals surface area contributed by atoms with Crippen molar-refractivity contribution in [2.45, 2.75) is 19.9 Å². The van der Waals surface area contributed by atoms with Crippen molar-refractivity contribution < 1.29 is 18.3 Å². The molecule has 1 amide bonds. The maximum atomic E-state index is 13.4. The highest BCUT2D eigenvalue weighted by atomic mass is 19.2. The number of hydrogen-bond acceptors (Lipinski definition) is 3. The van der Waals surface area contributed by atoms with Gasteiger partial charge in [0, 0.05) is 51.3 Å². The maximum absolute atomic E-state index is 13.4. The quantitative estimate of drug-likeness (QED) is 0.765. The lowest BCUT2D eigenvalue weighted by atomic mass is 9.96. The molecule has 1 unspecified atom stereocenters. The van der Waals surface area contributed by atoms with E-state index >= 15 is 0 Å². The van der Waals surface area contributed by atoms with E-state index in [1.165, 1.54) is 6.07 Å².